The first kappa shape index (κ1) is 14.0. The topological polar surface area (TPSA) is 72.0 Å². The smallest absolute Gasteiger partial charge is 0.262 e. The molecule has 0 atom stereocenters. The second-order valence-corrected chi connectivity index (χ2v) is 6.15. The Morgan fingerprint density at radius 1 is 1.05 bits per heavy atom. The summed E-state index contributed by atoms with van der Waals surface area (Å²) in [5.74, 6) is 0. The van der Waals surface area contributed by atoms with Gasteiger partial charge >= 0.3 is 0 Å². The van der Waals surface area contributed by atoms with Crippen molar-refractivity contribution in [1.29, 1.82) is 0 Å². The van der Waals surface area contributed by atoms with Crippen molar-refractivity contribution in [2.45, 2.75) is 11.8 Å². The summed E-state index contributed by atoms with van der Waals surface area (Å²) in [6, 6.07) is 6.37. The zero-order chi connectivity index (χ0) is 14.0. The maximum atomic E-state index is 12.1. The van der Waals surface area contributed by atoms with Gasteiger partial charge in [0.05, 0.1) is 4.90 Å². The van der Waals surface area contributed by atoms with Crippen molar-refractivity contribution in [2.75, 3.05) is 4.72 Å². The predicted molar refractivity (Wildman–Crippen MR) is 74.0 cm³/mol. The molecule has 1 aromatic heterocycles. The van der Waals surface area contributed by atoms with E-state index in [-0.39, 0.29) is 20.9 Å². The molecule has 8 heteroatoms. The summed E-state index contributed by atoms with van der Waals surface area (Å²) < 4.78 is 26.5. The van der Waals surface area contributed by atoms with E-state index in [1.54, 1.807) is 12.1 Å². The first-order valence-electron chi connectivity index (χ1n) is 5.15. The summed E-state index contributed by atoms with van der Waals surface area (Å²) in [5, 5.41) is -0.119. The van der Waals surface area contributed by atoms with Crippen LogP contribution in [0.25, 0.3) is 0 Å². The van der Waals surface area contributed by atoms with Gasteiger partial charge in [-0.3, -0.25) is 4.72 Å². The molecule has 100 valence electrons. The number of sulfonamides is 1. The summed E-state index contributed by atoms with van der Waals surface area (Å²) in [6.45, 7) is 1.86. The highest BCUT2D eigenvalue weighted by atomic mass is 35.5. The number of halogens is 2. The minimum Gasteiger partial charge on any atom is -0.274 e. The summed E-state index contributed by atoms with van der Waals surface area (Å²) in [4.78, 5) is 7.46. The van der Waals surface area contributed by atoms with E-state index in [1.165, 1.54) is 12.1 Å². The minimum atomic E-state index is -3.77. The highest BCUT2D eigenvalue weighted by Crippen LogP contribution is 2.28. The van der Waals surface area contributed by atoms with Crippen molar-refractivity contribution in [3.8, 4) is 0 Å². The van der Waals surface area contributed by atoms with Crippen molar-refractivity contribution in [1.82, 2.24) is 9.97 Å². The fourth-order valence-corrected chi connectivity index (χ4v) is 2.93. The van der Waals surface area contributed by atoms with Crippen molar-refractivity contribution < 1.29 is 8.42 Å². The maximum Gasteiger partial charge on any atom is 0.262 e. The van der Waals surface area contributed by atoms with Crippen LogP contribution in [0.1, 0.15) is 5.56 Å². The van der Waals surface area contributed by atoms with Gasteiger partial charge < -0.3 is 0 Å². The van der Waals surface area contributed by atoms with Crippen LogP contribution in [0, 0.1) is 6.92 Å². The fraction of sp³-hybridized carbons (Fsp3) is 0.0909. The minimum absolute atomic E-state index is 0.0357. The van der Waals surface area contributed by atoms with E-state index >= 15 is 0 Å². The van der Waals surface area contributed by atoms with Crippen LogP contribution in [0.3, 0.4) is 0 Å². The summed E-state index contributed by atoms with van der Waals surface area (Å²) in [6.07, 6.45) is 1.15. The third kappa shape index (κ3) is 3.15. The van der Waals surface area contributed by atoms with E-state index in [0.717, 1.165) is 11.9 Å². The number of nitrogens with one attached hydrogen (secondary N) is 1. The lowest BCUT2D eigenvalue weighted by Crippen LogP contribution is -2.14. The molecule has 0 aliphatic carbocycles. The van der Waals surface area contributed by atoms with Crippen LogP contribution >= 0.6 is 23.2 Å². The van der Waals surface area contributed by atoms with E-state index < -0.39 is 10.0 Å². The number of aromatic nitrogens is 2. The number of benzene rings is 1. The molecule has 0 amide bonds. The normalized spacial score (nSPS) is 11.3. The Labute approximate surface area is 120 Å². The molecule has 0 spiro atoms. The highest BCUT2D eigenvalue weighted by Gasteiger charge is 2.18. The molecule has 2 rings (SSSR count). The molecular weight excluding hydrogens is 309 g/mol. The van der Waals surface area contributed by atoms with Crippen molar-refractivity contribution in [3.63, 3.8) is 0 Å². The summed E-state index contributed by atoms with van der Waals surface area (Å²) in [7, 11) is -3.77. The van der Waals surface area contributed by atoms with Gasteiger partial charge in [0.15, 0.2) is 10.3 Å². The first-order valence-corrected chi connectivity index (χ1v) is 7.39. The number of hydrogen-bond donors (Lipinski definition) is 1. The average Bonchev–Trinajstić information content (AvgIpc) is 2.35. The van der Waals surface area contributed by atoms with Crippen molar-refractivity contribution in [3.05, 3.63) is 46.5 Å². The molecule has 5 nitrogen and oxygen atoms in total. The molecule has 0 radical (unpaired) electrons. The lowest BCUT2D eigenvalue weighted by Gasteiger charge is -2.09. The number of rotatable bonds is 3. The van der Waals surface area contributed by atoms with E-state index in [4.69, 9.17) is 23.2 Å². The summed E-state index contributed by atoms with van der Waals surface area (Å²) >= 11 is 11.6. The second kappa shape index (κ2) is 5.32. The Morgan fingerprint density at radius 2 is 1.58 bits per heavy atom. The van der Waals surface area contributed by atoms with E-state index in [9.17, 15) is 8.42 Å². The van der Waals surface area contributed by atoms with Gasteiger partial charge in [0.25, 0.3) is 10.0 Å². The van der Waals surface area contributed by atoms with Crippen molar-refractivity contribution in [2.24, 2.45) is 0 Å². The molecule has 1 aromatic carbocycles. The Morgan fingerprint density at radius 3 is 2.11 bits per heavy atom. The third-order valence-electron chi connectivity index (χ3n) is 2.32. The third-order valence-corrected chi connectivity index (χ3v) is 4.26. The maximum absolute atomic E-state index is 12.1. The quantitative estimate of drug-likeness (QED) is 0.883. The van der Waals surface area contributed by atoms with Crippen LogP contribution in [0.2, 0.25) is 10.3 Å². The lowest BCUT2D eigenvalue weighted by molar-refractivity contribution is 0.601. The van der Waals surface area contributed by atoms with Gasteiger partial charge in [0.2, 0.25) is 0 Å². The highest BCUT2D eigenvalue weighted by molar-refractivity contribution is 7.92. The molecule has 0 saturated heterocycles. The molecular formula is C11H9Cl2N3O2S. The molecule has 0 bridgehead atoms. The number of anilines is 1. The van der Waals surface area contributed by atoms with Crippen LogP contribution < -0.4 is 4.72 Å². The van der Waals surface area contributed by atoms with Crippen molar-refractivity contribution >= 4 is 38.9 Å². The SMILES string of the molecule is Cc1ccc(S(=O)(=O)Nc2c(Cl)ncnc2Cl)cc1. The van der Waals surface area contributed by atoms with Gasteiger partial charge in [-0.05, 0) is 19.1 Å². The van der Waals surface area contributed by atoms with Gasteiger partial charge in [0, 0.05) is 0 Å². The van der Waals surface area contributed by atoms with Crippen LogP contribution in [-0.2, 0) is 10.0 Å². The molecule has 0 fully saturated rings. The first-order chi connectivity index (χ1) is 8.90. The van der Waals surface area contributed by atoms with E-state index in [0.29, 0.717) is 0 Å². The Bertz CT molecular complexity index is 682. The Balaban J connectivity index is 2.39. The number of aryl methyl sites for hydroxylation is 1. The predicted octanol–water partition coefficient (Wildman–Crippen LogP) is 2.89. The zero-order valence-electron chi connectivity index (χ0n) is 9.76. The van der Waals surface area contributed by atoms with Crippen LogP contribution in [0.15, 0.2) is 35.5 Å². The van der Waals surface area contributed by atoms with Gasteiger partial charge in [-0.2, -0.15) is 0 Å². The van der Waals surface area contributed by atoms with Gasteiger partial charge in [-0.1, -0.05) is 40.9 Å². The monoisotopic (exact) mass is 317 g/mol. The Kier molecular flexibility index (Phi) is 3.93. The second-order valence-electron chi connectivity index (χ2n) is 3.75. The number of nitrogens with zero attached hydrogens (tertiary/aromatic N) is 2. The standard InChI is InChI=1S/C11H9Cl2N3O2S/c1-7-2-4-8(5-3-7)19(17,18)16-9-10(12)14-6-15-11(9)13/h2-6,16H,1H3. The molecule has 0 aliphatic heterocycles. The fourth-order valence-electron chi connectivity index (χ4n) is 1.34. The molecule has 19 heavy (non-hydrogen) atoms. The average molecular weight is 318 g/mol. The van der Waals surface area contributed by atoms with E-state index in [2.05, 4.69) is 14.7 Å². The molecule has 2 aromatic rings. The van der Waals surface area contributed by atoms with Gasteiger partial charge in [-0.15, -0.1) is 0 Å². The van der Waals surface area contributed by atoms with Crippen LogP contribution in [0.5, 0.6) is 0 Å². The largest absolute Gasteiger partial charge is 0.274 e. The Hall–Kier alpha value is -1.37. The lowest BCUT2D eigenvalue weighted by atomic mass is 10.2. The van der Waals surface area contributed by atoms with E-state index in [1.807, 2.05) is 6.92 Å². The van der Waals surface area contributed by atoms with Crippen LogP contribution in [0.4, 0.5) is 5.69 Å². The number of hydrogen-bond acceptors (Lipinski definition) is 4. The molecule has 0 unspecified atom stereocenters. The summed E-state index contributed by atoms with van der Waals surface area (Å²) in [5.41, 5.74) is 0.921. The molecule has 1 N–H and O–H groups in total. The van der Waals surface area contributed by atoms with Gasteiger partial charge in [0.1, 0.15) is 12.0 Å². The van der Waals surface area contributed by atoms with Crippen LogP contribution in [-0.4, -0.2) is 18.4 Å². The van der Waals surface area contributed by atoms with Gasteiger partial charge in [-0.25, -0.2) is 18.4 Å². The molecule has 1 heterocycles. The zero-order valence-corrected chi connectivity index (χ0v) is 12.1. The molecule has 0 saturated carbocycles. The molecule has 0 aliphatic rings.